The molecule has 0 radical (unpaired) electrons. The first kappa shape index (κ1) is 27.2. The van der Waals surface area contributed by atoms with Crippen molar-refractivity contribution < 1.29 is 9.47 Å². The zero-order valence-corrected chi connectivity index (χ0v) is 23.2. The molecule has 0 saturated carbocycles. The highest BCUT2D eigenvalue weighted by Crippen LogP contribution is 2.34. The van der Waals surface area contributed by atoms with Crippen LogP contribution < -0.4 is 15.0 Å². The standard InChI is InChI=1S/C32H25Cl2N3O3/c1-3-9-24-16-22(18-29(39-2)30(24)40-20-21-14-15-26(33)27(34)17-21)19-35-37-31(23-10-5-4-6-11-23)36-28-13-8-7-12-25(28)32(37)38/h3-8,10-19H,1,9,20H2,2H3. The highest BCUT2D eigenvalue weighted by atomic mass is 35.5. The van der Waals surface area contributed by atoms with E-state index in [9.17, 15) is 4.79 Å². The molecule has 0 fully saturated rings. The molecule has 0 aliphatic carbocycles. The van der Waals surface area contributed by atoms with Gasteiger partial charge in [-0.15, -0.1) is 6.58 Å². The number of halogens is 2. The second kappa shape index (κ2) is 12.2. The molecule has 0 aliphatic rings. The minimum atomic E-state index is -0.263. The number of hydrogen-bond donors (Lipinski definition) is 0. The number of aromatic nitrogens is 2. The molecule has 0 spiro atoms. The Kier molecular flexibility index (Phi) is 8.29. The van der Waals surface area contributed by atoms with Crippen LogP contribution in [0.15, 0.2) is 107 Å². The van der Waals surface area contributed by atoms with Gasteiger partial charge in [-0.1, -0.05) is 77.8 Å². The van der Waals surface area contributed by atoms with Crippen molar-refractivity contribution in [3.8, 4) is 22.9 Å². The van der Waals surface area contributed by atoms with Crippen LogP contribution in [0.25, 0.3) is 22.3 Å². The Labute approximate surface area is 241 Å². The fourth-order valence-corrected chi connectivity index (χ4v) is 4.62. The normalized spacial score (nSPS) is 11.2. The summed E-state index contributed by atoms with van der Waals surface area (Å²) in [5.74, 6) is 1.55. The number of hydrogen-bond acceptors (Lipinski definition) is 5. The third kappa shape index (κ3) is 5.78. The zero-order valence-electron chi connectivity index (χ0n) is 21.7. The molecule has 0 bridgehead atoms. The fraction of sp³-hybridized carbons (Fsp3) is 0.0938. The summed E-state index contributed by atoms with van der Waals surface area (Å²) in [7, 11) is 1.57. The van der Waals surface area contributed by atoms with E-state index in [0.717, 1.165) is 22.3 Å². The van der Waals surface area contributed by atoms with Gasteiger partial charge in [0.1, 0.15) is 6.61 Å². The Morgan fingerprint density at radius 3 is 2.50 bits per heavy atom. The number of nitrogens with zero attached hydrogens (tertiary/aromatic N) is 3. The van der Waals surface area contributed by atoms with Crippen molar-refractivity contribution in [2.75, 3.05) is 7.11 Å². The molecule has 0 N–H and O–H groups in total. The van der Waals surface area contributed by atoms with Gasteiger partial charge in [0.15, 0.2) is 17.3 Å². The van der Waals surface area contributed by atoms with Crippen LogP contribution >= 0.6 is 23.2 Å². The van der Waals surface area contributed by atoms with Crippen LogP contribution in [0.3, 0.4) is 0 Å². The molecule has 0 unspecified atom stereocenters. The van der Waals surface area contributed by atoms with Crippen molar-refractivity contribution in [3.05, 3.63) is 135 Å². The Morgan fingerprint density at radius 1 is 0.975 bits per heavy atom. The van der Waals surface area contributed by atoms with Crippen molar-refractivity contribution in [3.63, 3.8) is 0 Å². The molecule has 6 nitrogen and oxygen atoms in total. The van der Waals surface area contributed by atoms with Gasteiger partial charge >= 0.3 is 0 Å². The number of methoxy groups -OCH3 is 1. The van der Waals surface area contributed by atoms with Crippen molar-refractivity contribution >= 4 is 40.3 Å². The topological polar surface area (TPSA) is 65.7 Å². The maximum atomic E-state index is 13.5. The molecular formula is C32H25Cl2N3O3. The molecule has 0 amide bonds. The first-order chi connectivity index (χ1) is 19.5. The number of fused-ring (bicyclic) bond motifs is 1. The second-order valence-electron chi connectivity index (χ2n) is 8.92. The third-order valence-corrected chi connectivity index (χ3v) is 6.95. The van der Waals surface area contributed by atoms with E-state index in [2.05, 4.69) is 11.7 Å². The first-order valence-corrected chi connectivity index (χ1v) is 13.2. The molecule has 5 aromatic rings. The lowest BCUT2D eigenvalue weighted by Crippen LogP contribution is -2.20. The lowest BCUT2D eigenvalue weighted by molar-refractivity contribution is 0.282. The summed E-state index contributed by atoms with van der Waals surface area (Å²) in [6.07, 6.45) is 3.93. The number of ether oxygens (including phenoxy) is 2. The Balaban J connectivity index is 1.55. The van der Waals surface area contributed by atoms with Gasteiger partial charge in [-0.3, -0.25) is 4.79 Å². The lowest BCUT2D eigenvalue weighted by Gasteiger charge is -2.16. The van der Waals surface area contributed by atoms with Crippen molar-refractivity contribution in [2.45, 2.75) is 13.0 Å². The van der Waals surface area contributed by atoms with Crippen LogP contribution in [0.1, 0.15) is 16.7 Å². The maximum Gasteiger partial charge on any atom is 0.282 e. The predicted molar refractivity (Wildman–Crippen MR) is 162 cm³/mol. The van der Waals surface area contributed by atoms with Gasteiger partial charge in [-0.25, -0.2) is 4.98 Å². The summed E-state index contributed by atoms with van der Waals surface area (Å²) in [5.41, 5.74) is 3.55. The second-order valence-corrected chi connectivity index (χ2v) is 9.74. The highest BCUT2D eigenvalue weighted by Gasteiger charge is 2.15. The Bertz CT molecular complexity index is 1780. The molecule has 8 heteroatoms. The summed E-state index contributed by atoms with van der Waals surface area (Å²) in [6.45, 7) is 4.15. The van der Waals surface area contributed by atoms with Crippen LogP contribution in [0.4, 0.5) is 0 Å². The third-order valence-electron chi connectivity index (χ3n) is 6.21. The van der Waals surface area contributed by atoms with Gasteiger partial charge in [-0.05, 0) is 53.9 Å². The van der Waals surface area contributed by atoms with Crippen molar-refractivity contribution in [1.82, 2.24) is 9.66 Å². The summed E-state index contributed by atoms with van der Waals surface area (Å²) in [6, 6.07) is 25.8. The van der Waals surface area contributed by atoms with Gasteiger partial charge in [0, 0.05) is 11.1 Å². The summed E-state index contributed by atoms with van der Waals surface area (Å²) in [5, 5.41) is 6.01. The number of benzene rings is 4. The minimum absolute atomic E-state index is 0.263. The summed E-state index contributed by atoms with van der Waals surface area (Å²) < 4.78 is 13.2. The zero-order chi connectivity index (χ0) is 28.1. The van der Waals surface area contributed by atoms with Crippen LogP contribution in [0, 0.1) is 0 Å². The monoisotopic (exact) mass is 569 g/mol. The molecular weight excluding hydrogens is 545 g/mol. The Morgan fingerprint density at radius 2 is 1.75 bits per heavy atom. The van der Waals surface area contributed by atoms with Crippen molar-refractivity contribution in [2.24, 2.45) is 5.10 Å². The molecule has 0 saturated heterocycles. The average molecular weight is 570 g/mol. The van der Waals surface area contributed by atoms with E-state index in [1.165, 1.54) is 4.68 Å². The number of para-hydroxylation sites is 1. The van der Waals surface area contributed by atoms with E-state index in [4.69, 9.17) is 37.7 Å². The lowest BCUT2D eigenvalue weighted by atomic mass is 10.1. The van der Waals surface area contributed by atoms with Crippen LogP contribution in [-0.4, -0.2) is 23.0 Å². The summed E-state index contributed by atoms with van der Waals surface area (Å²) >= 11 is 12.2. The van der Waals surface area contributed by atoms with Crippen LogP contribution in [-0.2, 0) is 13.0 Å². The highest BCUT2D eigenvalue weighted by molar-refractivity contribution is 6.42. The van der Waals surface area contributed by atoms with Gasteiger partial charge < -0.3 is 9.47 Å². The predicted octanol–water partition coefficient (Wildman–Crippen LogP) is 7.57. The smallest absolute Gasteiger partial charge is 0.282 e. The Hall–Kier alpha value is -4.39. The average Bonchev–Trinajstić information content (AvgIpc) is 2.98. The number of rotatable bonds is 9. The SMILES string of the molecule is C=CCc1cc(C=Nn2c(-c3ccccc3)nc3ccccc3c2=O)cc(OC)c1OCc1ccc(Cl)c(Cl)c1. The molecule has 1 heterocycles. The minimum Gasteiger partial charge on any atom is -0.493 e. The van der Waals surface area contributed by atoms with Gasteiger partial charge in [-0.2, -0.15) is 9.78 Å². The largest absolute Gasteiger partial charge is 0.493 e. The van der Waals surface area contributed by atoms with E-state index >= 15 is 0 Å². The van der Waals surface area contributed by atoms with Gasteiger partial charge in [0.25, 0.3) is 5.56 Å². The molecule has 4 aromatic carbocycles. The quantitative estimate of drug-likeness (QED) is 0.135. The van der Waals surface area contributed by atoms with Crippen LogP contribution in [0.2, 0.25) is 10.0 Å². The molecule has 5 rings (SSSR count). The van der Waals surface area contributed by atoms with E-state index in [0.29, 0.717) is 44.7 Å². The molecule has 200 valence electrons. The fourth-order valence-electron chi connectivity index (χ4n) is 4.29. The van der Waals surface area contributed by atoms with Crippen molar-refractivity contribution in [1.29, 1.82) is 0 Å². The van der Waals surface area contributed by atoms with E-state index in [1.54, 1.807) is 37.6 Å². The van der Waals surface area contributed by atoms with E-state index < -0.39 is 0 Å². The summed E-state index contributed by atoms with van der Waals surface area (Å²) in [4.78, 5) is 18.2. The molecule has 1 aromatic heterocycles. The number of allylic oxidation sites excluding steroid dienone is 1. The molecule has 0 aliphatic heterocycles. The van der Waals surface area contributed by atoms with Gasteiger partial charge in [0.05, 0.1) is 34.3 Å². The maximum absolute atomic E-state index is 13.5. The molecule has 40 heavy (non-hydrogen) atoms. The van der Waals surface area contributed by atoms with Crippen LogP contribution in [0.5, 0.6) is 11.5 Å². The molecule has 0 atom stereocenters. The van der Waals surface area contributed by atoms with Gasteiger partial charge in [0.2, 0.25) is 0 Å². The van der Waals surface area contributed by atoms with E-state index in [1.807, 2.05) is 66.7 Å². The first-order valence-electron chi connectivity index (χ1n) is 12.5. The van der Waals surface area contributed by atoms with E-state index in [-0.39, 0.29) is 12.2 Å².